The molecule has 2 unspecified atom stereocenters. The highest BCUT2D eigenvalue weighted by Gasteiger charge is 2.48. The van der Waals surface area contributed by atoms with Gasteiger partial charge in [-0.05, 0) is 78.7 Å². The third kappa shape index (κ3) is 3.51. The van der Waals surface area contributed by atoms with Gasteiger partial charge in [0.05, 0.1) is 0 Å². The van der Waals surface area contributed by atoms with E-state index in [9.17, 15) is 5.11 Å². The molecule has 168 valence electrons. The van der Waals surface area contributed by atoms with Crippen LogP contribution in [-0.2, 0) is 31.8 Å². The Morgan fingerprint density at radius 2 is 1.88 bits per heavy atom. The summed E-state index contributed by atoms with van der Waals surface area (Å²) < 4.78 is 3.55. The van der Waals surface area contributed by atoms with Crippen molar-refractivity contribution in [2.24, 2.45) is 13.0 Å². The molecular weight excluding hydrogens is 472 g/mol. The van der Waals surface area contributed by atoms with Gasteiger partial charge in [-0.1, -0.05) is 58.4 Å². The van der Waals surface area contributed by atoms with E-state index in [0.29, 0.717) is 11.7 Å². The number of phenolic OH excluding ortho intramolecular Hbond substituents is 1. The summed E-state index contributed by atoms with van der Waals surface area (Å²) in [5.41, 5.74) is 7.01. The number of halogens is 1. The second kappa shape index (κ2) is 8.03. The zero-order chi connectivity index (χ0) is 22.6. The van der Waals surface area contributed by atoms with Crippen LogP contribution in [0.2, 0.25) is 0 Å². The number of likely N-dealkylation sites (tertiary alicyclic amines) is 1. The SMILES string of the molecule is Cn1c2c(c3cc(Br)ccc31)CC1CN(Cc3ccccc3)CCC1(c1cccc(O)c1)C2. The molecule has 1 fully saturated rings. The van der Waals surface area contributed by atoms with E-state index in [1.165, 1.54) is 33.3 Å². The van der Waals surface area contributed by atoms with Gasteiger partial charge in [-0.3, -0.25) is 4.90 Å². The maximum atomic E-state index is 10.4. The van der Waals surface area contributed by atoms with Crippen LogP contribution in [0.15, 0.2) is 77.3 Å². The molecule has 33 heavy (non-hydrogen) atoms. The lowest BCUT2D eigenvalue weighted by Crippen LogP contribution is -2.53. The van der Waals surface area contributed by atoms with Crippen molar-refractivity contribution in [2.45, 2.75) is 31.2 Å². The van der Waals surface area contributed by atoms with Gasteiger partial charge < -0.3 is 9.67 Å². The molecule has 6 rings (SSSR count). The number of hydrogen-bond donors (Lipinski definition) is 1. The fraction of sp³-hybridized carbons (Fsp3) is 0.310. The third-order valence-corrected chi connectivity index (χ3v) is 8.63. The minimum Gasteiger partial charge on any atom is -0.508 e. The van der Waals surface area contributed by atoms with Gasteiger partial charge in [0, 0.05) is 46.6 Å². The van der Waals surface area contributed by atoms with E-state index >= 15 is 0 Å². The van der Waals surface area contributed by atoms with E-state index in [1.807, 2.05) is 12.1 Å². The molecule has 1 aliphatic carbocycles. The maximum Gasteiger partial charge on any atom is 0.115 e. The van der Waals surface area contributed by atoms with Gasteiger partial charge in [-0.15, -0.1) is 0 Å². The summed E-state index contributed by atoms with van der Waals surface area (Å²) in [7, 11) is 2.22. The molecule has 2 atom stereocenters. The van der Waals surface area contributed by atoms with E-state index in [-0.39, 0.29) is 5.41 Å². The first-order valence-electron chi connectivity index (χ1n) is 11.8. The van der Waals surface area contributed by atoms with Crippen LogP contribution in [0.5, 0.6) is 5.75 Å². The van der Waals surface area contributed by atoms with Crippen molar-refractivity contribution >= 4 is 26.8 Å². The fourth-order valence-electron chi connectivity index (χ4n) is 6.46. The summed E-state index contributed by atoms with van der Waals surface area (Å²) in [4.78, 5) is 2.63. The number of aromatic nitrogens is 1. The topological polar surface area (TPSA) is 28.4 Å². The van der Waals surface area contributed by atoms with Gasteiger partial charge in [0.2, 0.25) is 0 Å². The molecule has 3 nitrogen and oxygen atoms in total. The van der Waals surface area contributed by atoms with Crippen LogP contribution in [0, 0.1) is 5.92 Å². The number of aromatic hydroxyl groups is 1. The molecule has 1 aromatic heterocycles. The lowest BCUT2D eigenvalue weighted by Gasteiger charge is -2.51. The number of fused-ring (bicyclic) bond motifs is 4. The Balaban J connectivity index is 1.44. The lowest BCUT2D eigenvalue weighted by molar-refractivity contribution is 0.0758. The van der Waals surface area contributed by atoms with Gasteiger partial charge in [0.1, 0.15) is 5.75 Å². The number of nitrogens with zero attached hydrogens (tertiary/aromatic N) is 2. The Bertz CT molecular complexity index is 1330. The van der Waals surface area contributed by atoms with Crippen molar-refractivity contribution in [1.29, 1.82) is 0 Å². The van der Waals surface area contributed by atoms with E-state index in [4.69, 9.17) is 0 Å². The van der Waals surface area contributed by atoms with Crippen LogP contribution < -0.4 is 0 Å². The third-order valence-electron chi connectivity index (χ3n) is 8.14. The molecule has 0 saturated carbocycles. The van der Waals surface area contributed by atoms with Gasteiger partial charge in [0.25, 0.3) is 0 Å². The summed E-state index contributed by atoms with van der Waals surface area (Å²) in [6.45, 7) is 3.15. The van der Waals surface area contributed by atoms with Crippen LogP contribution in [0.4, 0.5) is 0 Å². The van der Waals surface area contributed by atoms with Crippen molar-refractivity contribution in [3.05, 3.63) is 99.7 Å². The van der Waals surface area contributed by atoms with E-state index in [1.54, 1.807) is 6.07 Å². The number of phenols is 1. The predicted octanol–water partition coefficient (Wildman–Crippen LogP) is 6.21. The van der Waals surface area contributed by atoms with E-state index in [2.05, 4.69) is 87.0 Å². The second-order valence-corrected chi connectivity index (χ2v) is 10.8. The van der Waals surface area contributed by atoms with Crippen LogP contribution in [0.1, 0.15) is 28.8 Å². The first-order valence-corrected chi connectivity index (χ1v) is 12.6. The molecular formula is C29H29BrN2O. The normalized spacial score (nSPS) is 22.8. The molecule has 4 aromatic rings. The molecule has 4 heteroatoms. The minimum atomic E-state index is 0.0539. The smallest absolute Gasteiger partial charge is 0.115 e. The standard InChI is InChI=1S/C29H29BrN2O/c1-31-27-11-10-23(30)16-26(27)25-15-22-19-32(18-20-6-3-2-4-7-20)13-12-29(22,17-28(25)31)21-8-5-9-24(33)14-21/h2-11,14,16,22,33H,12-13,15,17-19H2,1H3. The van der Waals surface area contributed by atoms with Crippen molar-refractivity contribution in [1.82, 2.24) is 9.47 Å². The molecule has 0 amide bonds. The molecule has 0 bridgehead atoms. The Hall–Kier alpha value is -2.56. The van der Waals surface area contributed by atoms with Gasteiger partial charge in [-0.25, -0.2) is 0 Å². The lowest BCUT2D eigenvalue weighted by atomic mass is 9.58. The van der Waals surface area contributed by atoms with Crippen molar-refractivity contribution in [3.8, 4) is 5.75 Å². The number of aryl methyl sites for hydroxylation is 1. The Morgan fingerprint density at radius 1 is 1.03 bits per heavy atom. The summed E-state index contributed by atoms with van der Waals surface area (Å²) in [6.07, 6.45) is 3.21. The highest BCUT2D eigenvalue weighted by molar-refractivity contribution is 9.10. The molecule has 1 saturated heterocycles. The molecule has 1 aliphatic heterocycles. The maximum absolute atomic E-state index is 10.4. The average molecular weight is 501 g/mol. The zero-order valence-corrected chi connectivity index (χ0v) is 20.6. The van der Waals surface area contributed by atoms with Crippen LogP contribution in [-0.4, -0.2) is 27.7 Å². The molecule has 1 N–H and O–H groups in total. The number of benzene rings is 3. The van der Waals surface area contributed by atoms with Crippen LogP contribution >= 0.6 is 15.9 Å². The van der Waals surface area contributed by atoms with Gasteiger partial charge >= 0.3 is 0 Å². The largest absolute Gasteiger partial charge is 0.508 e. The van der Waals surface area contributed by atoms with Crippen LogP contribution in [0.3, 0.4) is 0 Å². The monoisotopic (exact) mass is 500 g/mol. The molecule has 2 aliphatic rings. The molecule has 0 spiro atoms. The average Bonchev–Trinajstić information content (AvgIpc) is 3.08. The first kappa shape index (κ1) is 21.0. The number of hydrogen-bond acceptors (Lipinski definition) is 2. The Kier molecular flexibility index (Phi) is 5.11. The van der Waals surface area contributed by atoms with E-state index in [0.717, 1.165) is 43.4 Å². The summed E-state index contributed by atoms with van der Waals surface area (Å²) in [5, 5.41) is 11.7. The van der Waals surface area contributed by atoms with Crippen LogP contribution in [0.25, 0.3) is 10.9 Å². The van der Waals surface area contributed by atoms with Gasteiger partial charge in [0.15, 0.2) is 0 Å². The summed E-state index contributed by atoms with van der Waals surface area (Å²) >= 11 is 3.70. The fourth-order valence-corrected chi connectivity index (χ4v) is 6.82. The van der Waals surface area contributed by atoms with Crippen molar-refractivity contribution in [2.75, 3.05) is 13.1 Å². The van der Waals surface area contributed by atoms with E-state index < -0.39 is 0 Å². The Labute approximate surface area is 203 Å². The Morgan fingerprint density at radius 3 is 2.70 bits per heavy atom. The highest BCUT2D eigenvalue weighted by atomic mass is 79.9. The highest BCUT2D eigenvalue weighted by Crippen LogP contribution is 2.50. The second-order valence-electron chi connectivity index (χ2n) is 9.90. The summed E-state index contributed by atoms with van der Waals surface area (Å²) in [5.74, 6) is 0.882. The molecule has 0 radical (unpaired) electrons. The molecule has 3 aromatic carbocycles. The number of piperidine rings is 1. The summed E-state index contributed by atoms with van der Waals surface area (Å²) in [6, 6.07) is 25.6. The first-order chi connectivity index (χ1) is 16.0. The zero-order valence-electron chi connectivity index (χ0n) is 19.0. The van der Waals surface area contributed by atoms with Crippen molar-refractivity contribution < 1.29 is 5.11 Å². The van der Waals surface area contributed by atoms with Crippen molar-refractivity contribution in [3.63, 3.8) is 0 Å². The molecule has 2 heterocycles. The quantitative estimate of drug-likeness (QED) is 0.362. The number of rotatable bonds is 3. The minimum absolute atomic E-state index is 0.0539. The predicted molar refractivity (Wildman–Crippen MR) is 138 cm³/mol. The van der Waals surface area contributed by atoms with Gasteiger partial charge in [-0.2, -0.15) is 0 Å².